The molecule has 1 fully saturated rings. The lowest BCUT2D eigenvalue weighted by Crippen LogP contribution is -2.56. The first-order valence-corrected chi connectivity index (χ1v) is 8.22. The van der Waals surface area contributed by atoms with Gasteiger partial charge >= 0.3 is 0 Å². The molecule has 0 aromatic heterocycles. The molecule has 2 rings (SSSR count). The summed E-state index contributed by atoms with van der Waals surface area (Å²) in [7, 11) is 0. The van der Waals surface area contributed by atoms with Crippen molar-refractivity contribution in [3.63, 3.8) is 0 Å². The second-order valence-corrected chi connectivity index (χ2v) is 6.56. The highest BCUT2D eigenvalue weighted by Crippen LogP contribution is 2.23. The third-order valence-corrected chi connectivity index (χ3v) is 4.80. The normalized spacial score (nSPS) is 22.8. The minimum atomic E-state index is -0.566. The molecular weight excluding hydrogens is 305 g/mol. The maximum absolute atomic E-state index is 13.6. The van der Waals surface area contributed by atoms with Crippen LogP contribution >= 0.6 is 11.8 Å². The van der Waals surface area contributed by atoms with E-state index in [1.54, 1.807) is 25.1 Å². The molecule has 0 aliphatic carbocycles. The summed E-state index contributed by atoms with van der Waals surface area (Å²) in [4.78, 5) is 24.1. The van der Waals surface area contributed by atoms with E-state index in [1.165, 1.54) is 17.8 Å². The second-order valence-electron chi connectivity index (χ2n) is 5.32. The summed E-state index contributed by atoms with van der Waals surface area (Å²) < 4.78 is 13.6. The number of halogens is 1. The van der Waals surface area contributed by atoms with Crippen LogP contribution in [0.1, 0.15) is 12.5 Å². The van der Waals surface area contributed by atoms with Crippen molar-refractivity contribution in [1.29, 1.82) is 0 Å². The van der Waals surface area contributed by atoms with E-state index in [4.69, 9.17) is 5.73 Å². The number of carbonyl (C=O) groups excluding carboxylic acids is 2. The number of carbonyl (C=O) groups is 2. The largest absolute Gasteiger partial charge is 0.351 e. The maximum atomic E-state index is 13.6. The third kappa shape index (κ3) is 4.20. The van der Waals surface area contributed by atoms with Crippen molar-refractivity contribution >= 4 is 23.6 Å². The Morgan fingerprint density at radius 3 is 2.91 bits per heavy atom. The molecular formula is C15H20FN3O2S. The average molecular weight is 325 g/mol. The summed E-state index contributed by atoms with van der Waals surface area (Å²) in [5, 5.41) is 5.06. The van der Waals surface area contributed by atoms with Crippen LogP contribution in [-0.2, 0) is 16.0 Å². The number of nitrogens with one attached hydrogen (secondary N) is 2. The predicted molar refractivity (Wildman–Crippen MR) is 84.9 cm³/mol. The Morgan fingerprint density at radius 1 is 1.55 bits per heavy atom. The minimum absolute atomic E-state index is 0.134. The van der Waals surface area contributed by atoms with Gasteiger partial charge in [0.15, 0.2) is 0 Å². The van der Waals surface area contributed by atoms with Crippen LogP contribution in [0, 0.1) is 5.82 Å². The van der Waals surface area contributed by atoms with E-state index in [1.807, 2.05) is 0 Å². The third-order valence-electron chi connectivity index (χ3n) is 3.49. The zero-order valence-corrected chi connectivity index (χ0v) is 13.2. The van der Waals surface area contributed by atoms with Gasteiger partial charge in [-0.2, -0.15) is 0 Å². The van der Waals surface area contributed by atoms with Crippen LogP contribution in [-0.4, -0.2) is 41.4 Å². The molecule has 1 saturated heterocycles. The number of nitrogens with two attached hydrogens (primary N) is 1. The van der Waals surface area contributed by atoms with Crippen molar-refractivity contribution in [1.82, 2.24) is 10.6 Å². The van der Waals surface area contributed by atoms with Gasteiger partial charge in [-0.1, -0.05) is 18.2 Å². The van der Waals surface area contributed by atoms with Gasteiger partial charge in [0.2, 0.25) is 11.8 Å². The molecule has 5 nitrogen and oxygen atoms in total. The molecule has 1 aliphatic rings. The topological polar surface area (TPSA) is 84.2 Å². The number of benzene rings is 1. The van der Waals surface area contributed by atoms with Gasteiger partial charge in [-0.15, -0.1) is 11.8 Å². The lowest BCUT2D eigenvalue weighted by Gasteiger charge is -2.29. The Bertz CT molecular complexity index is 555. The maximum Gasteiger partial charge on any atom is 0.243 e. The van der Waals surface area contributed by atoms with Gasteiger partial charge in [-0.3, -0.25) is 9.59 Å². The second kappa shape index (κ2) is 7.60. The van der Waals surface area contributed by atoms with Crippen molar-refractivity contribution in [3.8, 4) is 0 Å². The molecule has 7 heteroatoms. The Hall–Kier alpha value is -1.60. The van der Waals surface area contributed by atoms with Crippen molar-refractivity contribution in [3.05, 3.63) is 35.6 Å². The fourth-order valence-corrected chi connectivity index (χ4v) is 3.33. The van der Waals surface area contributed by atoms with Gasteiger partial charge in [-0.05, 0) is 25.0 Å². The fourth-order valence-electron chi connectivity index (χ4n) is 2.15. The zero-order valence-electron chi connectivity index (χ0n) is 12.3. The molecule has 22 heavy (non-hydrogen) atoms. The lowest BCUT2D eigenvalue weighted by molar-refractivity contribution is -0.128. The van der Waals surface area contributed by atoms with Gasteiger partial charge in [0.1, 0.15) is 11.9 Å². The van der Waals surface area contributed by atoms with Crippen LogP contribution in [0.15, 0.2) is 24.3 Å². The monoisotopic (exact) mass is 325 g/mol. The van der Waals surface area contributed by atoms with Crippen molar-refractivity contribution in [2.24, 2.45) is 5.73 Å². The zero-order chi connectivity index (χ0) is 16.1. The Kier molecular flexibility index (Phi) is 5.79. The molecule has 1 aromatic carbocycles. The number of amides is 2. The van der Waals surface area contributed by atoms with Gasteiger partial charge in [0, 0.05) is 18.3 Å². The van der Waals surface area contributed by atoms with Crippen molar-refractivity contribution in [2.75, 3.05) is 12.3 Å². The molecule has 3 atom stereocenters. The first kappa shape index (κ1) is 16.8. The van der Waals surface area contributed by atoms with E-state index < -0.39 is 6.04 Å². The van der Waals surface area contributed by atoms with E-state index in [9.17, 15) is 14.0 Å². The summed E-state index contributed by atoms with van der Waals surface area (Å²) in [6.07, 6.45) is 0.316. The summed E-state index contributed by atoms with van der Waals surface area (Å²) in [6.45, 7) is 2.14. The molecule has 0 spiro atoms. The first-order chi connectivity index (χ1) is 10.5. The van der Waals surface area contributed by atoms with E-state index >= 15 is 0 Å². The molecule has 1 aromatic rings. The SMILES string of the molecule is C[C@@H](CN)NC(=O)C1CSC(Cc2ccccc2F)C(=O)N1. The van der Waals surface area contributed by atoms with Gasteiger partial charge in [0.05, 0.1) is 5.25 Å². The van der Waals surface area contributed by atoms with Gasteiger partial charge in [0.25, 0.3) is 0 Å². The highest BCUT2D eigenvalue weighted by Gasteiger charge is 2.33. The highest BCUT2D eigenvalue weighted by molar-refractivity contribution is 8.00. The van der Waals surface area contributed by atoms with Crippen LogP contribution in [0.3, 0.4) is 0 Å². The van der Waals surface area contributed by atoms with E-state index in [-0.39, 0.29) is 28.9 Å². The summed E-state index contributed by atoms with van der Waals surface area (Å²) >= 11 is 1.38. The van der Waals surface area contributed by atoms with Crippen LogP contribution in [0.5, 0.6) is 0 Å². The van der Waals surface area contributed by atoms with Crippen LogP contribution in [0.25, 0.3) is 0 Å². The molecule has 120 valence electrons. The summed E-state index contributed by atoms with van der Waals surface area (Å²) in [6, 6.07) is 5.71. The number of hydrogen-bond donors (Lipinski definition) is 3. The molecule has 0 saturated carbocycles. The molecule has 4 N–H and O–H groups in total. The Balaban J connectivity index is 1.92. The fraction of sp³-hybridized carbons (Fsp3) is 0.467. The molecule has 2 unspecified atom stereocenters. The summed E-state index contributed by atoms with van der Waals surface area (Å²) in [5.41, 5.74) is 5.97. The average Bonchev–Trinajstić information content (AvgIpc) is 2.51. The Labute approximate surface area is 133 Å². The molecule has 0 radical (unpaired) electrons. The molecule has 1 heterocycles. The summed E-state index contributed by atoms with van der Waals surface area (Å²) in [5.74, 6) is -0.315. The van der Waals surface area contributed by atoms with Crippen molar-refractivity contribution < 1.29 is 14.0 Å². The molecule has 1 aliphatic heterocycles. The minimum Gasteiger partial charge on any atom is -0.351 e. The number of thioether (sulfide) groups is 1. The van der Waals surface area contributed by atoms with Crippen LogP contribution in [0.4, 0.5) is 4.39 Å². The highest BCUT2D eigenvalue weighted by atomic mass is 32.2. The lowest BCUT2D eigenvalue weighted by atomic mass is 10.1. The Morgan fingerprint density at radius 2 is 2.27 bits per heavy atom. The predicted octanol–water partition coefficient (Wildman–Crippen LogP) is 0.432. The number of rotatable bonds is 5. The van der Waals surface area contributed by atoms with Gasteiger partial charge in [-0.25, -0.2) is 4.39 Å². The molecule has 2 amide bonds. The van der Waals surface area contributed by atoms with Crippen molar-refractivity contribution in [2.45, 2.75) is 30.7 Å². The van der Waals surface area contributed by atoms with Crippen LogP contribution in [0.2, 0.25) is 0 Å². The van der Waals surface area contributed by atoms with E-state index in [0.29, 0.717) is 24.3 Å². The van der Waals surface area contributed by atoms with E-state index in [2.05, 4.69) is 10.6 Å². The number of hydrogen-bond acceptors (Lipinski definition) is 4. The standard InChI is InChI=1S/C15H20FN3O2S/c1-9(7-17)18-14(20)12-8-22-13(15(21)19-12)6-10-4-2-3-5-11(10)16/h2-5,9,12-13H,6-8,17H2,1H3,(H,18,20)(H,19,21)/t9-,12?,13?/m0/s1. The quantitative estimate of drug-likeness (QED) is 0.733. The first-order valence-electron chi connectivity index (χ1n) is 7.17. The van der Waals surface area contributed by atoms with Crippen LogP contribution < -0.4 is 16.4 Å². The van der Waals surface area contributed by atoms with Gasteiger partial charge < -0.3 is 16.4 Å². The smallest absolute Gasteiger partial charge is 0.243 e. The van der Waals surface area contributed by atoms with E-state index in [0.717, 1.165) is 0 Å². The molecule has 0 bridgehead atoms.